The number of carboxylic acids is 2. The van der Waals surface area contributed by atoms with Gasteiger partial charge in [-0.15, -0.1) is 0 Å². The Bertz CT molecular complexity index is 742. The lowest BCUT2D eigenvalue weighted by molar-refractivity contribution is -0.138. The average Bonchev–Trinajstić information content (AvgIpc) is 2.91. The minimum atomic E-state index is -0.674. The second-order valence-electron chi connectivity index (χ2n) is 11.7. The van der Waals surface area contributed by atoms with Crippen molar-refractivity contribution < 1.29 is 19.8 Å². The number of rotatable bonds is 28. The van der Waals surface area contributed by atoms with Gasteiger partial charge in [-0.25, -0.2) is 0 Å². The predicted octanol–water partition coefficient (Wildman–Crippen LogP) is 10.5. The van der Waals surface area contributed by atoms with Crippen molar-refractivity contribution in [1.29, 1.82) is 0 Å². The van der Waals surface area contributed by atoms with Gasteiger partial charge in [0.1, 0.15) is 0 Å². The lowest BCUT2D eigenvalue weighted by atomic mass is 9.93. The van der Waals surface area contributed by atoms with Crippen molar-refractivity contribution in [1.82, 2.24) is 0 Å². The van der Waals surface area contributed by atoms with Crippen LogP contribution in [-0.2, 0) is 28.9 Å². The van der Waals surface area contributed by atoms with Crippen molar-refractivity contribution in [2.75, 3.05) is 0 Å². The molecule has 1 rings (SSSR count). The summed E-state index contributed by atoms with van der Waals surface area (Å²) in [4.78, 5) is 21.2. The summed E-state index contributed by atoms with van der Waals surface area (Å²) in [7, 11) is 0. The Labute approximate surface area is 240 Å². The molecular weight excluding hydrogens is 484 g/mol. The molecule has 0 unspecified atom stereocenters. The van der Waals surface area contributed by atoms with Gasteiger partial charge in [-0.05, 0) is 68.1 Å². The zero-order chi connectivity index (χ0) is 28.4. The summed E-state index contributed by atoms with van der Waals surface area (Å²) in [5.41, 5.74) is 4.64. The fraction of sp³-hybridized carbons (Fsp3) is 0.771. The van der Waals surface area contributed by atoms with E-state index in [2.05, 4.69) is 25.1 Å². The molecule has 0 aliphatic rings. The highest BCUT2D eigenvalue weighted by Crippen LogP contribution is 2.21. The SMILES string of the molecule is CCCCCCCCCc1ccc(CCCCCCCCCC(=O)O)c(CCCCCCCCCC(=O)O)c1. The Morgan fingerprint density at radius 3 is 1.33 bits per heavy atom. The fourth-order valence-corrected chi connectivity index (χ4v) is 5.55. The number of hydrogen-bond donors (Lipinski definition) is 2. The van der Waals surface area contributed by atoms with Crippen LogP contribution < -0.4 is 0 Å². The summed E-state index contributed by atoms with van der Waals surface area (Å²) in [5, 5.41) is 17.5. The molecule has 0 bridgehead atoms. The number of aryl methyl sites for hydroxylation is 3. The van der Waals surface area contributed by atoms with Crippen molar-refractivity contribution in [2.45, 2.75) is 174 Å². The standard InChI is InChI=1S/C35H60O4/c1-2-3-4-5-8-13-18-23-31-28-29-32(24-19-14-9-6-11-16-21-26-34(36)37)33(30-31)25-20-15-10-7-12-17-22-27-35(38)39/h28-30H,2-27H2,1H3,(H,36,37)(H,38,39). The largest absolute Gasteiger partial charge is 0.481 e. The van der Waals surface area contributed by atoms with Gasteiger partial charge in [0.15, 0.2) is 0 Å². The smallest absolute Gasteiger partial charge is 0.303 e. The molecule has 0 heterocycles. The van der Waals surface area contributed by atoms with E-state index in [4.69, 9.17) is 10.2 Å². The van der Waals surface area contributed by atoms with E-state index in [1.54, 1.807) is 11.1 Å². The van der Waals surface area contributed by atoms with Crippen molar-refractivity contribution in [3.8, 4) is 0 Å². The second kappa shape index (κ2) is 25.1. The van der Waals surface area contributed by atoms with E-state index in [1.165, 1.54) is 121 Å². The van der Waals surface area contributed by atoms with E-state index >= 15 is 0 Å². The average molecular weight is 545 g/mol. The Kier molecular flexibility index (Phi) is 22.7. The number of carboxylic acid groups (broad SMARTS) is 2. The van der Waals surface area contributed by atoms with Crippen LogP contribution in [0.3, 0.4) is 0 Å². The summed E-state index contributed by atoms with van der Waals surface area (Å²) in [5.74, 6) is -1.35. The van der Waals surface area contributed by atoms with Gasteiger partial charge in [0, 0.05) is 12.8 Å². The molecule has 2 N–H and O–H groups in total. The number of benzene rings is 1. The number of aliphatic carboxylic acids is 2. The maximum absolute atomic E-state index is 10.6. The molecule has 0 radical (unpaired) electrons. The first kappa shape index (κ1) is 35.2. The molecule has 1 aromatic rings. The third kappa shape index (κ3) is 21.6. The van der Waals surface area contributed by atoms with Crippen molar-refractivity contribution in [2.24, 2.45) is 0 Å². The molecule has 0 aromatic heterocycles. The Morgan fingerprint density at radius 2 is 0.872 bits per heavy atom. The second-order valence-corrected chi connectivity index (χ2v) is 11.7. The first-order chi connectivity index (χ1) is 19.0. The van der Waals surface area contributed by atoms with Crippen molar-refractivity contribution in [3.05, 3.63) is 34.9 Å². The van der Waals surface area contributed by atoms with Crippen molar-refractivity contribution in [3.63, 3.8) is 0 Å². The molecule has 0 atom stereocenters. The Hall–Kier alpha value is -1.84. The third-order valence-electron chi connectivity index (χ3n) is 8.01. The predicted molar refractivity (Wildman–Crippen MR) is 165 cm³/mol. The molecule has 0 fully saturated rings. The van der Waals surface area contributed by atoms with Crippen LogP contribution in [0.5, 0.6) is 0 Å². The Morgan fingerprint density at radius 1 is 0.487 bits per heavy atom. The highest BCUT2D eigenvalue weighted by Gasteiger charge is 2.06. The molecule has 0 spiro atoms. The summed E-state index contributed by atoms with van der Waals surface area (Å²) < 4.78 is 0. The summed E-state index contributed by atoms with van der Waals surface area (Å²) in [6.45, 7) is 2.28. The van der Waals surface area contributed by atoms with E-state index in [0.717, 1.165) is 38.5 Å². The van der Waals surface area contributed by atoms with Crippen LogP contribution in [0.4, 0.5) is 0 Å². The summed E-state index contributed by atoms with van der Waals surface area (Å²) >= 11 is 0. The van der Waals surface area contributed by atoms with Crippen LogP contribution in [0.15, 0.2) is 18.2 Å². The lowest BCUT2D eigenvalue weighted by Gasteiger charge is -2.13. The van der Waals surface area contributed by atoms with Gasteiger partial charge >= 0.3 is 11.9 Å². The minimum Gasteiger partial charge on any atom is -0.481 e. The molecular formula is C35H60O4. The normalized spacial score (nSPS) is 11.2. The molecule has 0 saturated heterocycles. The van der Waals surface area contributed by atoms with Gasteiger partial charge in [0.2, 0.25) is 0 Å². The molecule has 0 saturated carbocycles. The number of hydrogen-bond acceptors (Lipinski definition) is 2. The summed E-state index contributed by atoms with van der Waals surface area (Å²) in [6.07, 6.45) is 29.7. The lowest BCUT2D eigenvalue weighted by Crippen LogP contribution is -1.99. The van der Waals surface area contributed by atoms with Crippen LogP contribution >= 0.6 is 0 Å². The van der Waals surface area contributed by atoms with Gasteiger partial charge in [-0.3, -0.25) is 9.59 Å². The van der Waals surface area contributed by atoms with E-state index in [0.29, 0.717) is 12.8 Å². The molecule has 224 valence electrons. The van der Waals surface area contributed by atoms with Gasteiger partial charge in [-0.2, -0.15) is 0 Å². The third-order valence-corrected chi connectivity index (χ3v) is 8.01. The number of unbranched alkanes of at least 4 members (excludes halogenated alkanes) is 18. The quantitative estimate of drug-likeness (QED) is 0.103. The molecule has 4 nitrogen and oxygen atoms in total. The highest BCUT2D eigenvalue weighted by atomic mass is 16.4. The Balaban J connectivity index is 2.40. The number of carbonyl (C=O) groups is 2. The first-order valence-electron chi connectivity index (χ1n) is 16.6. The van der Waals surface area contributed by atoms with E-state index in [-0.39, 0.29) is 0 Å². The van der Waals surface area contributed by atoms with E-state index in [1.807, 2.05) is 0 Å². The topological polar surface area (TPSA) is 74.6 Å². The molecule has 1 aromatic carbocycles. The molecule has 39 heavy (non-hydrogen) atoms. The van der Waals surface area contributed by atoms with Gasteiger partial charge in [-0.1, -0.05) is 128 Å². The van der Waals surface area contributed by atoms with E-state index in [9.17, 15) is 9.59 Å². The van der Waals surface area contributed by atoms with Crippen LogP contribution in [0.1, 0.15) is 171 Å². The van der Waals surface area contributed by atoms with E-state index < -0.39 is 11.9 Å². The van der Waals surface area contributed by atoms with Gasteiger partial charge in [0.25, 0.3) is 0 Å². The monoisotopic (exact) mass is 544 g/mol. The summed E-state index contributed by atoms with van der Waals surface area (Å²) in [6, 6.07) is 7.32. The zero-order valence-corrected chi connectivity index (χ0v) is 25.3. The van der Waals surface area contributed by atoms with Crippen LogP contribution in [0.25, 0.3) is 0 Å². The maximum Gasteiger partial charge on any atom is 0.303 e. The molecule has 0 amide bonds. The van der Waals surface area contributed by atoms with Crippen molar-refractivity contribution >= 4 is 11.9 Å². The fourth-order valence-electron chi connectivity index (χ4n) is 5.55. The zero-order valence-electron chi connectivity index (χ0n) is 25.3. The first-order valence-corrected chi connectivity index (χ1v) is 16.6. The van der Waals surface area contributed by atoms with Crippen LogP contribution in [0, 0.1) is 0 Å². The molecule has 0 aliphatic carbocycles. The highest BCUT2D eigenvalue weighted by molar-refractivity contribution is 5.66. The van der Waals surface area contributed by atoms with Gasteiger partial charge < -0.3 is 10.2 Å². The molecule has 4 heteroatoms. The van der Waals surface area contributed by atoms with Crippen LogP contribution in [0.2, 0.25) is 0 Å². The van der Waals surface area contributed by atoms with Gasteiger partial charge in [0.05, 0.1) is 0 Å². The minimum absolute atomic E-state index is 0.310. The maximum atomic E-state index is 10.6. The van der Waals surface area contributed by atoms with Crippen LogP contribution in [-0.4, -0.2) is 22.2 Å². The molecule has 0 aliphatic heterocycles.